The Kier molecular flexibility index (Phi) is 7.53. The van der Waals surface area contributed by atoms with E-state index < -0.39 is 16.0 Å². The number of anilines is 2. The number of carbonyl (C=O) groups is 2. The predicted octanol–water partition coefficient (Wildman–Crippen LogP) is 3.50. The average molecular weight is 486 g/mol. The zero-order valence-corrected chi connectivity index (χ0v) is 20.2. The number of carbonyl (C=O) groups excluding carboxylic acids is 2. The molecule has 2 heterocycles. The van der Waals surface area contributed by atoms with Crippen LogP contribution in [0.5, 0.6) is 0 Å². The summed E-state index contributed by atoms with van der Waals surface area (Å²) in [6.45, 7) is 2.39. The van der Waals surface area contributed by atoms with Gasteiger partial charge < -0.3 is 15.0 Å². The van der Waals surface area contributed by atoms with Gasteiger partial charge in [0, 0.05) is 32.1 Å². The maximum absolute atomic E-state index is 13.2. The van der Waals surface area contributed by atoms with Crippen molar-refractivity contribution in [1.82, 2.24) is 4.31 Å². The number of esters is 1. The number of hydrogen-bond acceptors (Lipinski definition) is 6. The minimum atomic E-state index is -3.88. The molecule has 0 saturated carbocycles. The van der Waals surface area contributed by atoms with Crippen LogP contribution in [0.15, 0.2) is 53.4 Å². The first-order chi connectivity index (χ1) is 16.4. The monoisotopic (exact) mass is 485 g/mol. The van der Waals surface area contributed by atoms with Crippen molar-refractivity contribution >= 4 is 33.3 Å². The fourth-order valence-electron chi connectivity index (χ4n) is 4.69. The fraction of sp³-hybridized carbons (Fsp3) is 0.440. The molecule has 2 aromatic rings. The Morgan fingerprint density at radius 2 is 1.56 bits per heavy atom. The van der Waals surface area contributed by atoms with Crippen LogP contribution in [0.4, 0.5) is 11.4 Å². The topological polar surface area (TPSA) is 96.0 Å². The van der Waals surface area contributed by atoms with Gasteiger partial charge in [-0.25, -0.2) is 13.2 Å². The van der Waals surface area contributed by atoms with E-state index >= 15 is 0 Å². The smallest absolute Gasteiger partial charge is 0.339 e. The van der Waals surface area contributed by atoms with E-state index in [2.05, 4.69) is 10.2 Å². The summed E-state index contributed by atoms with van der Waals surface area (Å²) in [5, 5.41) is 3.08. The number of ether oxygens (including phenoxy) is 1. The molecule has 8 nitrogen and oxygen atoms in total. The summed E-state index contributed by atoms with van der Waals surface area (Å²) in [6, 6.07) is 13.9. The molecule has 0 radical (unpaired) electrons. The largest absolute Gasteiger partial charge is 0.465 e. The molecule has 0 aliphatic carbocycles. The predicted molar refractivity (Wildman–Crippen MR) is 130 cm³/mol. The van der Waals surface area contributed by atoms with Gasteiger partial charge in [0.15, 0.2) is 0 Å². The van der Waals surface area contributed by atoms with Gasteiger partial charge in [-0.2, -0.15) is 4.31 Å². The van der Waals surface area contributed by atoms with E-state index in [1.165, 1.54) is 30.0 Å². The molecule has 0 unspecified atom stereocenters. The molecule has 1 N–H and O–H groups in total. The van der Waals surface area contributed by atoms with Gasteiger partial charge in [-0.05, 0) is 56.4 Å². The molecule has 2 fully saturated rings. The molecule has 2 saturated heterocycles. The number of para-hydroxylation sites is 2. The van der Waals surface area contributed by atoms with Crippen molar-refractivity contribution in [2.75, 3.05) is 43.5 Å². The van der Waals surface area contributed by atoms with Gasteiger partial charge in [0.1, 0.15) is 0 Å². The average Bonchev–Trinajstić information content (AvgIpc) is 2.89. The number of hydrogen-bond donors (Lipinski definition) is 1. The molecule has 1 amide bonds. The molecule has 2 aliphatic rings. The SMILES string of the molecule is COC(=O)c1ccccc1S(=O)(=O)N1CCC(C(=O)Nc2ccccc2N2CCCCC2)CC1. The van der Waals surface area contributed by atoms with Crippen LogP contribution in [0.3, 0.4) is 0 Å². The third-order valence-corrected chi connectivity index (χ3v) is 8.55. The summed E-state index contributed by atoms with van der Waals surface area (Å²) in [5.41, 5.74) is 1.85. The lowest BCUT2D eigenvalue weighted by molar-refractivity contribution is -0.120. The molecular weight excluding hydrogens is 454 g/mol. The summed E-state index contributed by atoms with van der Waals surface area (Å²) in [7, 11) is -2.66. The van der Waals surface area contributed by atoms with Crippen LogP contribution in [0.2, 0.25) is 0 Å². The third kappa shape index (κ3) is 5.10. The number of sulfonamides is 1. The molecule has 0 spiro atoms. The van der Waals surface area contributed by atoms with E-state index in [1.807, 2.05) is 24.3 Å². The van der Waals surface area contributed by atoms with Gasteiger partial charge >= 0.3 is 5.97 Å². The second-order valence-corrected chi connectivity index (χ2v) is 10.6. The number of nitrogens with one attached hydrogen (secondary N) is 1. The fourth-order valence-corrected chi connectivity index (χ4v) is 6.34. The molecule has 4 rings (SSSR count). The maximum Gasteiger partial charge on any atom is 0.339 e. The highest BCUT2D eigenvalue weighted by atomic mass is 32.2. The second kappa shape index (κ2) is 10.6. The Morgan fingerprint density at radius 3 is 2.26 bits per heavy atom. The summed E-state index contributed by atoms with van der Waals surface area (Å²) in [6.07, 6.45) is 4.36. The Bertz CT molecular complexity index is 1140. The summed E-state index contributed by atoms with van der Waals surface area (Å²) >= 11 is 0. The molecule has 0 bridgehead atoms. The molecule has 0 atom stereocenters. The van der Waals surface area contributed by atoms with E-state index in [9.17, 15) is 18.0 Å². The van der Waals surface area contributed by atoms with E-state index in [1.54, 1.807) is 12.1 Å². The van der Waals surface area contributed by atoms with Crippen molar-refractivity contribution in [3.05, 3.63) is 54.1 Å². The Morgan fingerprint density at radius 1 is 0.912 bits per heavy atom. The van der Waals surface area contributed by atoms with Crippen molar-refractivity contribution in [2.45, 2.75) is 37.0 Å². The van der Waals surface area contributed by atoms with Crippen LogP contribution in [-0.2, 0) is 19.6 Å². The lowest BCUT2D eigenvalue weighted by Crippen LogP contribution is -2.42. The van der Waals surface area contributed by atoms with Crippen LogP contribution >= 0.6 is 0 Å². The van der Waals surface area contributed by atoms with E-state index in [-0.39, 0.29) is 35.4 Å². The van der Waals surface area contributed by atoms with Crippen LogP contribution in [0.25, 0.3) is 0 Å². The summed E-state index contributed by atoms with van der Waals surface area (Å²) < 4.78 is 32.5. The van der Waals surface area contributed by atoms with Crippen LogP contribution in [0.1, 0.15) is 42.5 Å². The number of benzene rings is 2. The first-order valence-electron chi connectivity index (χ1n) is 11.7. The Hall–Kier alpha value is -2.91. The lowest BCUT2D eigenvalue weighted by Gasteiger charge is -2.32. The van der Waals surface area contributed by atoms with Gasteiger partial charge in [0.2, 0.25) is 15.9 Å². The van der Waals surface area contributed by atoms with Crippen molar-refractivity contribution in [2.24, 2.45) is 5.92 Å². The highest BCUT2D eigenvalue weighted by molar-refractivity contribution is 7.89. The number of nitrogens with zero attached hydrogens (tertiary/aromatic N) is 2. The van der Waals surface area contributed by atoms with Gasteiger partial charge in [0.25, 0.3) is 0 Å². The minimum Gasteiger partial charge on any atom is -0.465 e. The molecule has 2 aromatic carbocycles. The Labute approximate surface area is 200 Å². The van der Waals surface area contributed by atoms with E-state index in [0.29, 0.717) is 12.8 Å². The van der Waals surface area contributed by atoms with Crippen LogP contribution < -0.4 is 10.2 Å². The molecule has 9 heteroatoms. The number of amides is 1. The number of methoxy groups -OCH3 is 1. The first kappa shape index (κ1) is 24.2. The number of piperidine rings is 2. The van der Waals surface area contributed by atoms with Crippen molar-refractivity contribution in [1.29, 1.82) is 0 Å². The molecular formula is C25H31N3O5S. The molecule has 2 aliphatic heterocycles. The quantitative estimate of drug-likeness (QED) is 0.629. The van der Waals surface area contributed by atoms with Crippen molar-refractivity contribution in [3.8, 4) is 0 Å². The zero-order valence-electron chi connectivity index (χ0n) is 19.4. The van der Waals surface area contributed by atoms with Gasteiger partial charge in [-0.15, -0.1) is 0 Å². The highest BCUT2D eigenvalue weighted by Gasteiger charge is 2.34. The van der Waals surface area contributed by atoms with Crippen molar-refractivity contribution in [3.63, 3.8) is 0 Å². The minimum absolute atomic E-state index is 0.0131. The van der Waals surface area contributed by atoms with Crippen LogP contribution in [-0.4, -0.2) is 57.9 Å². The second-order valence-electron chi connectivity index (χ2n) is 8.72. The normalized spacial score (nSPS) is 17.9. The van der Waals surface area contributed by atoms with E-state index in [4.69, 9.17) is 4.74 Å². The lowest BCUT2D eigenvalue weighted by atomic mass is 9.97. The van der Waals surface area contributed by atoms with Gasteiger partial charge in [0.05, 0.1) is 28.9 Å². The maximum atomic E-state index is 13.2. The van der Waals surface area contributed by atoms with Crippen molar-refractivity contribution < 1.29 is 22.7 Å². The molecule has 182 valence electrons. The Balaban J connectivity index is 1.42. The molecule has 34 heavy (non-hydrogen) atoms. The van der Waals surface area contributed by atoms with Crippen LogP contribution in [0, 0.1) is 5.92 Å². The first-order valence-corrected chi connectivity index (χ1v) is 13.2. The highest BCUT2D eigenvalue weighted by Crippen LogP contribution is 2.31. The van der Waals surface area contributed by atoms with E-state index in [0.717, 1.165) is 37.3 Å². The van der Waals surface area contributed by atoms with Gasteiger partial charge in [-0.1, -0.05) is 24.3 Å². The standard InChI is InChI=1S/C25H31N3O5S/c1-33-25(30)20-9-3-6-12-23(20)34(31,32)28-17-13-19(14-18-28)24(29)26-21-10-4-5-11-22(21)27-15-7-2-8-16-27/h3-6,9-12,19H,2,7-8,13-18H2,1H3,(H,26,29). The van der Waals surface area contributed by atoms with Gasteiger partial charge in [-0.3, -0.25) is 4.79 Å². The molecule has 0 aromatic heterocycles. The third-order valence-electron chi connectivity index (χ3n) is 6.59. The zero-order chi connectivity index (χ0) is 24.1. The summed E-state index contributed by atoms with van der Waals surface area (Å²) in [4.78, 5) is 27.4. The summed E-state index contributed by atoms with van der Waals surface area (Å²) in [5.74, 6) is -1.06. The number of rotatable bonds is 6.